The smallest absolute Gasteiger partial charge is 0.0701 e. The molecule has 3 rings (SSSR count). The summed E-state index contributed by atoms with van der Waals surface area (Å²) in [7, 11) is 0. The maximum absolute atomic E-state index is 6.03. The zero-order chi connectivity index (χ0) is 13.2. The van der Waals surface area contributed by atoms with Gasteiger partial charge in [0.2, 0.25) is 0 Å². The topological polar surface area (TPSA) is 12.0 Å². The van der Waals surface area contributed by atoms with Gasteiger partial charge in [-0.05, 0) is 64.5 Å². The van der Waals surface area contributed by atoms with Crippen molar-refractivity contribution in [2.45, 2.75) is 31.3 Å². The van der Waals surface area contributed by atoms with Crippen LogP contribution >= 0.6 is 38.9 Å². The van der Waals surface area contributed by atoms with Crippen LogP contribution < -0.4 is 5.32 Å². The molecule has 19 heavy (non-hydrogen) atoms. The molecule has 1 fully saturated rings. The maximum Gasteiger partial charge on any atom is 0.0701 e. The molecule has 0 saturated heterocycles. The Morgan fingerprint density at radius 2 is 2.11 bits per heavy atom. The number of rotatable bonds is 4. The Hall–Kier alpha value is -0.350. The lowest BCUT2D eigenvalue weighted by Crippen LogP contribution is -2.39. The van der Waals surface area contributed by atoms with Gasteiger partial charge >= 0.3 is 0 Å². The lowest BCUT2D eigenvalue weighted by molar-refractivity contribution is 0.290. The zero-order valence-corrected chi connectivity index (χ0v) is 13.6. The van der Waals surface area contributed by atoms with Crippen LogP contribution in [0.1, 0.15) is 29.2 Å². The van der Waals surface area contributed by atoms with Crippen LogP contribution in [0, 0.1) is 0 Å². The van der Waals surface area contributed by atoms with Gasteiger partial charge in [-0.3, -0.25) is 0 Å². The molecule has 0 unspecified atom stereocenters. The van der Waals surface area contributed by atoms with E-state index in [-0.39, 0.29) is 0 Å². The van der Waals surface area contributed by atoms with Crippen molar-refractivity contribution in [1.29, 1.82) is 0 Å². The Morgan fingerprint density at radius 1 is 1.26 bits per heavy atom. The predicted octanol–water partition coefficient (Wildman–Crippen LogP) is 5.20. The highest BCUT2D eigenvalue weighted by Crippen LogP contribution is 2.37. The molecule has 0 atom stereocenters. The summed E-state index contributed by atoms with van der Waals surface area (Å²) in [6.07, 6.45) is 2.43. The Bertz CT molecular complexity index is 563. The van der Waals surface area contributed by atoms with Crippen LogP contribution in [0.25, 0.3) is 0 Å². The van der Waals surface area contributed by atoms with Gasteiger partial charge in [0.25, 0.3) is 0 Å². The molecule has 0 aliphatic heterocycles. The van der Waals surface area contributed by atoms with Crippen molar-refractivity contribution in [2.75, 3.05) is 0 Å². The molecular formula is C15H15BrClNS. The van der Waals surface area contributed by atoms with Crippen molar-refractivity contribution in [1.82, 2.24) is 5.32 Å². The summed E-state index contributed by atoms with van der Waals surface area (Å²) < 4.78 is 1.20. The third kappa shape index (κ3) is 3.40. The second-order valence-corrected chi connectivity index (χ2v) is 7.99. The average Bonchev–Trinajstić information content (AvgIpc) is 2.73. The SMILES string of the molecule is Clc1cccc(C2CC(NCc3ccc(Br)s3)C2)c1. The number of hydrogen-bond donors (Lipinski definition) is 1. The Labute approximate surface area is 131 Å². The van der Waals surface area contributed by atoms with Crippen LogP contribution in [0.15, 0.2) is 40.2 Å². The van der Waals surface area contributed by atoms with E-state index in [1.165, 1.54) is 27.1 Å². The zero-order valence-electron chi connectivity index (χ0n) is 10.4. The molecule has 1 nitrogen and oxygen atoms in total. The molecule has 2 aromatic rings. The number of hydrogen-bond acceptors (Lipinski definition) is 2. The van der Waals surface area contributed by atoms with E-state index in [1.54, 1.807) is 11.3 Å². The van der Waals surface area contributed by atoms with Crippen molar-refractivity contribution in [3.8, 4) is 0 Å². The van der Waals surface area contributed by atoms with E-state index in [0.29, 0.717) is 12.0 Å². The van der Waals surface area contributed by atoms with Crippen LogP contribution in [0.5, 0.6) is 0 Å². The van der Waals surface area contributed by atoms with Crippen LogP contribution in [0.3, 0.4) is 0 Å². The Kier molecular flexibility index (Phi) is 4.27. The highest BCUT2D eigenvalue weighted by atomic mass is 79.9. The van der Waals surface area contributed by atoms with Gasteiger partial charge in [-0.15, -0.1) is 11.3 Å². The first-order valence-electron chi connectivity index (χ1n) is 6.44. The van der Waals surface area contributed by atoms with Gasteiger partial charge in [0.05, 0.1) is 3.79 Å². The first-order chi connectivity index (χ1) is 9.20. The van der Waals surface area contributed by atoms with Crippen molar-refractivity contribution < 1.29 is 0 Å². The molecule has 0 bridgehead atoms. The molecule has 0 spiro atoms. The summed E-state index contributed by atoms with van der Waals surface area (Å²) in [5, 5.41) is 4.46. The van der Waals surface area contributed by atoms with Crippen molar-refractivity contribution >= 4 is 38.9 Å². The minimum absolute atomic E-state index is 0.643. The third-order valence-electron chi connectivity index (χ3n) is 3.65. The van der Waals surface area contributed by atoms with E-state index in [4.69, 9.17) is 11.6 Å². The fraction of sp³-hybridized carbons (Fsp3) is 0.333. The molecule has 0 radical (unpaired) electrons. The van der Waals surface area contributed by atoms with E-state index >= 15 is 0 Å². The molecule has 1 aromatic heterocycles. The third-order valence-corrected chi connectivity index (χ3v) is 5.51. The number of halogens is 2. The van der Waals surface area contributed by atoms with Gasteiger partial charge in [-0.1, -0.05) is 23.7 Å². The summed E-state index contributed by atoms with van der Waals surface area (Å²) in [5.74, 6) is 0.672. The minimum Gasteiger partial charge on any atom is -0.309 e. The Balaban J connectivity index is 1.48. The summed E-state index contributed by atoms with van der Waals surface area (Å²) in [6, 6.07) is 13.2. The normalized spacial score (nSPS) is 22.2. The first kappa shape index (κ1) is 13.6. The van der Waals surface area contributed by atoms with Crippen molar-refractivity contribution in [2.24, 2.45) is 0 Å². The van der Waals surface area contributed by atoms with Gasteiger partial charge in [0.1, 0.15) is 0 Å². The van der Waals surface area contributed by atoms with Crippen LogP contribution in [-0.4, -0.2) is 6.04 Å². The van der Waals surface area contributed by atoms with Crippen molar-refractivity contribution in [3.63, 3.8) is 0 Å². The summed E-state index contributed by atoms with van der Waals surface area (Å²) in [4.78, 5) is 1.39. The molecule has 1 aliphatic carbocycles. The second-order valence-electron chi connectivity index (χ2n) is 5.01. The molecule has 0 amide bonds. The molecule has 4 heteroatoms. The highest BCUT2D eigenvalue weighted by molar-refractivity contribution is 9.11. The fourth-order valence-corrected chi connectivity index (χ4v) is 4.14. The van der Waals surface area contributed by atoms with Crippen LogP contribution in [-0.2, 0) is 6.54 Å². The molecule has 100 valence electrons. The quantitative estimate of drug-likeness (QED) is 0.794. The molecule has 1 saturated carbocycles. The fourth-order valence-electron chi connectivity index (χ4n) is 2.51. The number of benzene rings is 1. The first-order valence-corrected chi connectivity index (χ1v) is 8.42. The largest absolute Gasteiger partial charge is 0.309 e. The molecule has 1 heterocycles. The van der Waals surface area contributed by atoms with Gasteiger partial charge in [0, 0.05) is 22.5 Å². The maximum atomic E-state index is 6.03. The van der Waals surface area contributed by atoms with E-state index in [0.717, 1.165) is 11.6 Å². The second kappa shape index (κ2) is 5.96. The Morgan fingerprint density at radius 3 is 2.79 bits per heavy atom. The molecule has 1 N–H and O–H groups in total. The predicted molar refractivity (Wildman–Crippen MR) is 86.1 cm³/mol. The van der Waals surface area contributed by atoms with Crippen LogP contribution in [0.4, 0.5) is 0 Å². The minimum atomic E-state index is 0.643. The van der Waals surface area contributed by atoms with Gasteiger partial charge in [-0.25, -0.2) is 0 Å². The van der Waals surface area contributed by atoms with E-state index in [9.17, 15) is 0 Å². The van der Waals surface area contributed by atoms with Crippen molar-refractivity contribution in [3.05, 3.63) is 55.6 Å². The summed E-state index contributed by atoms with van der Waals surface area (Å²) in [6.45, 7) is 0.975. The molecule has 1 aromatic carbocycles. The summed E-state index contributed by atoms with van der Waals surface area (Å²) >= 11 is 11.3. The van der Waals surface area contributed by atoms with Gasteiger partial charge in [0.15, 0.2) is 0 Å². The van der Waals surface area contributed by atoms with Crippen LogP contribution in [0.2, 0.25) is 5.02 Å². The standard InChI is InChI=1S/C15H15BrClNS/c16-15-5-4-14(19-15)9-18-13-7-11(8-13)10-2-1-3-12(17)6-10/h1-6,11,13,18H,7-9H2. The van der Waals surface area contributed by atoms with E-state index in [1.807, 2.05) is 12.1 Å². The van der Waals surface area contributed by atoms with Gasteiger partial charge in [-0.2, -0.15) is 0 Å². The molecule has 1 aliphatic rings. The van der Waals surface area contributed by atoms with E-state index in [2.05, 4.69) is 45.5 Å². The molecular weight excluding hydrogens is 342 g/mol. The summed E-state index contributed by atoms with van der Waals surface area (Å²) in [5.41, 5.74) is 1.38. The van der Waals surface area contributed by atoms with Gasteiger partial charge < -0.3 is 5.32 Å². The number of nitrogens with one attached hydrogen (secondary N) is 1. The number of thiophene rings is 1. The lowest BCUT2D eigenvalue weighted by Gasteiger charge is -2.36. The average molecular weight is 357 g/mol. The monoisotopic (exact) mass is 355 g/mol. The highest BCUT2D eigenvalue weighted by Gasteiger charge is 2.29. The van der Waals surface area contributed by atoms with E-state index < -0.39 is 0 Å². The lowest BCUT2D eigenvalue weighted by atomic mass is 9.76.